The van der Waals surface area contributed by atoms with Crippen molar-refractivity contribution in [2.45, 2.75) is 43.6 Å². The molecule has 4 rings (SSSR count). The molecule has 190 valence electrons. The minimum atomic E-state index is -1.28. The van der Waals surface area contributed by atoms with Gasteiger partial charge in [-0.3, -0.25) is 14.4 Å². The number of carboxylic acid groups (broad SMARTS) is 1. The SMILES string of the molecule is O=C(Nc1ccc(CC(NC(=O)[C@@H]2OCO[C@H]2C(=O)NC2CC2)C(=O)O)cc1)c1c(Cl)cccc1Cl. The van der Waals surface area contributed by atoms with Crippen molar-refractivity contribution < 1.29 is 33.8 Å². The van der Waals surface area contributed by atoms with E-state index in [2.05, 4.69) is 16.0 Å². The highest BCUT2D eigenvalue weighted by molar-refractivity contribution is 6.40. The van der Waals surface area contributed by atoms with Gasteiger partial charge in [-0.05, 0) is 42.7 Å². The van der Waals surface area contributed by atoms with Gasteiger partial charge in [-0.2, -0.15) is 0 Å². The molecule has 2 aromatic rings. The van der Waals surface area contributed by atoms with Crippen LogP contribution in [0.5, 0.6) is 0 Å². The highest BCUT2D eigenvalue weighted by Gasteiger charge is 2.42. The lowest BCUT2D eigenvalue weighted by Gasteiger charge is -2.20. The van der Waals surface area contributed by atoms with Crippen LogP contribution in [-0.2, 0) is 30.3 Å². The van der Waals surface area contributed by atoms with Gasteiger partial charge in [-0.25, -0.2) is 4.79 Å². The number of carbonyl (C=O) groups is 4. The Morgan fingerprint density at radius 3 is 2.14 bits per heavy atom. The van der Waals surface area contributed by atoms with Gasteiger partial charge in [0, 0.05) is 18.2 Å². The second-order valence-electron chi connectivity index (χ2n) is 8.43. The van der Waals surface area contributed by atoms with E-state index in [0.717, 1.165) is 12.8 Å². The Bertz CT molecular complexity index is 1150. The van der Waals surface area contributed by atoms with Gasteiger partial charge in [0.2, 0.25) is 0 Å². The predicted molar refractivity (Wildman–Crippen MR) is 130 cm³/mol. The van der Waals surface area contributed by atoms with E-state index in [1.807, 2.05) is 0 Å². The molecule has 0 spiro atoms. The van der Waals surface area contributed by atoms with E-state index in [-0.39, 0.29) is 34.9 Å². The molecule has 4 N–H and O–H groups in total. The van der Waals surface area contributed by atoms with Crippen LogP contribution in [0.3, 0.4) is 0 Å². The fourth-order valence-corrected chi connectivity index (χ4v) is 4.19. The summed E-state index contributed by atoms with van der Waals surface area (Å²) in [6.07, 6.45) is -0.701. The summed E-state index contributed by atoms with van der Waals surface area (Å²) >= 11 is 12.1. The number of ether oxygens (including phenoxy) is 2. The number of rotatable bonds is 9. The summed E-state index contributed by atoms with van der Waals surface area (Å²) in [5, 5.41) is 17.9. The van der Waals surface area contributed by atoms with Crippen molar-refractivity contribution in [2.24, 2.45) is 0 Å². The number of benzene rings is 2. The third-order valence-corrected chi connectivity index (χ3v) is 6.30. The first-order chi connectivity index (χ1) is 17.2. The number of amides is 3. The van der Waals surface area contributed by atoms with E-state index >= 15 is 0 Å². The predicted octanol–water partition coefficient (Wildman–Crippen LogP) is 2.38. The summed E-state index contributed by atoms with van der Waals surface area (Å²) in [6, 6.07) is 9.94. The fourth-order valence-electron chi connectivity index (χ4n) is 3.62. The average Bonchev–Trinajstić information content (AvgIpc) is 3.50. The van der Waals surface area contributed by atoms with E-state index in [9.17, 15) is 24.3 Å². The molecule has 12 heteroatoms. The second-order valence-corrected chi connectivity index (χ2v) is 9.24. The van der Waals surface area contributed by atoms with E-state index < -0.39 is 41.9 Å². The minimum Gasteiger partial charge on any atom is -0.480 e. The Balaban J connectivity index is 1.36. The number of hydrogen-bond acceptors (Lipinski definition) is 6. The monoisotopic (exact) mass is 535 g/mol. The van der Waals surface area contributed by atoms with Crippen LogP contribution >= 0.6 is 23.2 Å². The zero-order valence-corrected chi connectivity index (χ0v) is 20.3. The van der Waals surface area contributed by atoms with Crippen LogP contribution in [0.15, 0.2) is 42.5 Å². The maximum Gasteiger partial charge on any atom is 0.326 e. The van der Waals surface area contributed by atoms with Crippen LogP contribution in [0, 0.1) is 0 Å². The standard InChI is InChI=1S/C24H23Cl2N3O7/c25-15-2-1-3-16(26)18(15)21(30)27-13-6-4-12(5-7-13)10-17(24(33)34)29-23(32)20-19(35-11-36-20)22(31)28-14-8-9-14/h1-7,14,17,19-20H,8-11H2,(H,27,30)(H,28,31)(H,29,32)(H,33,34)/t17?,19-,20-/m1/s1. The molecule has 0 aromatic heterocycles. The molecule has 36 heavy (non-hydrogen) atoms. The zero-order chi connectivity index (χ0) is 25.8. The van der Waals surface area contributed by atoms with Crippen molar-refractivity contribution >= 4 is 52.6 Å². The van der Waals surface area contributed by atoms with Gasteiger partial charge >= 0.3 is 5.97 Å². The number of hydrogen-bond donors (Lipinski definition) is 4. The van der Waals surface area contributed by atoms with Crippen molar-refractivity contribution in [2.75, 3.05) is 12.1 Å². The van der Waals surface area contributed by atoms with Crippen molar-refractivity contribution in [3.63, 3.8) is 0 Å². The Kier molecular flexibility index (Phi) is 8.10. The molecule has 1 aliphatic heterocycles. The molecule has 1 unspecified atom stereocenters. The summed E-state index contributed by atoms with van der Waals surface area (Å²) in [7, 11) is 0. The topological polar surface area (TPSA) is 143 Å². The van der Waals surface area contributed by atoms with Crippen molar-refractivity contribution in [1.29, 1.82) is 0 Å². The van der Waals surface area contributed by atoms with Gasteiger partial charge in [0.25, 0.3) is 17.7 Å². The molecular weight excluding hydrogens is 513 g/mol. The maximum absolute atomic E-state index is 12.7. The molecule has 0 radical (unpaired) electrons. The Labute approximate surface area is 216 Å². The Hall–Kier alpha value is -3.18. The molecular formula is C24H23Cl2N3O7. The van der Waals surface area contributed by atoms with Crippen molar-refractivity contribution in [1.82, 2.24) is 10.6 Å². The first-order valence-electron chi connectivity index (χ1n) is 11.1. The third-order valence-electron chi connectivity index (χ3n) is 5.67. The molecule has 3 atom stereocenters. The maximum atomic E-state index is 12.7. The van der Waals surface area contributed by atoms with E-state index in [4.69, 9.17) is 32.7 Å². The van der Waals surface area contributed by atoms with Crippen molar-refractivity contribution in [3.8, 4) is 0 Å². The lowest BCUT2D eigenvalue weighted by molar-refractivity contribution is -0.144. The Morgan fingerprint density at radius 1 is 0.944 bits per heavy atom. The van der Waals surface area contributed by atoms with Crippen LogP contribution in [0.4, 0.5) is 5.69 Å². The lowest BCUT2D eigenvalue weighted by atomic mass is 10.0. The summed E-state index contributed by atoms with van der Waals surface area (Å²) in [5.41, 5.74) is 1.17. The molecule has 10 nitrogen and oxygen atoms in total. The van der Waals surface area contributed by atoms with Crippen LogP contribution in [0.25, 0.3) is 0 Å². The van der Waals surface area contributed by atoms with Crippen molar-refractivity contribution in [3.05, 3.63) is 63.6 Å². The smallest absolute Gasteiger partial charge is 0.326 e. The number of nitrogens with one attached hydrogen (secondary N) is 3. The summed E-state index contributed by atoms with van der Waals surface area (Å²) in [5.74, 6) is -2.96. The number of carboxylic acids is 1. The minimum absolute atomic E-state index is 0.0435. The quantitative estimate of drug-likeness (QED) is 0.386. The fraction of sp³-hybridized carbons (Fsp3) is 0.333. The van der Waals surface area contributed by atoms with E-state index in [1.54, 1.807) is 42.5 Å². The van der Waals surface area contributed by atoms with E-state index in [1.165, 1.54) is 0 Å². The molecule has 2 aliphatic rings. The normalized spacial score (nSPS) is 19.8. The molecule has 1 aliphatic carbocycles. The summed E-state index contributed by atoms with van der Waals surface area (Å²) < 4.78 is 10.5. The zero-order valence-electron chi connectivity index (χ0n) is 18.8. The summed E-state index contributed by atoms with van der Waals surface area (Å²) in [4.78, 5) is 49.3. The highest BCUT2D eigenvalue weighted by Crippen LogP contribution is 2.25. The van der Waals surface area contributed by atoms with Gasteiger partial charge < -0.3 is 30.5 Å². The van der Waals surface area contributed by atoms with Gasteiger partial charge in [0.1, 0.15) is 12.8 Å². The first-order valence-corrected chi connectivity index (χ1v) is 11.9. The van der Waals surface area contributed by atoms with Crippen LogP contribution in [0.1, 0.15) is 28.8 Å². The molecule has 1 heterocycles. The molecule has 2 fully saturated rings. The molecule has 1 saturated carbocycles. The molecule has 0 bridgehead atoms. The second kappa shape index (κ2) is 11.3. The number of halogens is 2. The lowest BCUT2D eigenvalue weighted by Crippen LogP contribution is -2.52. The van der Waals surface area contributed by atoms with Crippen LogP contribution < -0.4 is 16.0 Å². The molecule has 1 saturated heterocycles. The van der Waals surface area contributed by atoms with Gasteiger partial charge in [-0.15, -0.1) is 0 Å². The molecule has 3 amide bonds. The molecule has 2 aromatic carbocycles. The van der Waals surface area contributed by atoms with E-state index in [0.29, 0.717) is 11.3 Å². The number of anilines is 1. The van der Waals surface area contributed by atoms with Crippen LogP contribution in [0.2, 0.25) is 10.0 Å². The van der Waals surface area contributed by atoms with Gasteiger partial charge in [0.05, 0.1) is 15.6 Å². The first kappa shape index (κ1) is 25.9. The average molecular weight is 536 g/mol. The third kappa shape index (κ3) is 6.33. The Morgan fingerprint density at radius 2 is 1.56 bits per heavy atom. The highest BCUT2D eigenvalue weighted by atomic mass is 35.5. The number of carbonyl (C=O) groups excluding carboxylic acids is 3. The van der Waals surface area contributed by atoms with Gasteiger partial charge in [-0.1, -0.05) is 41.4 Å². The number of aliphatic carboxylic acids is 1. The van der Waals surface area contributed by atoms with Crippen LogP contribution in [-0.4, -0.2) is 59.9 Å². The van der Waals surface area contributed by atoms with Gasteiger partial charge in [0.15, 0.2) is 12.2 Å². The largest absolute Gasteiger partial charge is 0.480 e. The summed E-state index contributed by atoms with van der Waals surface area (Å²) in [6.45, 7) is -0.245.